The lowest BCUT2D eigenvalue weighted by Gasteiger charge is -2.08. The Morgan fingerprint density at radius 1 is 1.33 bits per heavy atom. The number of hydrogen-bond acceptors (Lipinski definition) is 5. The minimum absolute atomic E-state index is 0.246. The van der Waals surface area contributed by atoms with E-state index in [0.29, 0.717) is 12.3 Å². The van der Waals surface area contributed by atoms with Crippen LogP contribution in [0.4, 0.5) is 5.69 Å². The third-order valence-corrected chi connectivity index (χ3v) is 2.01. The van der Waals surface area contributed by atoms with Crippen LogP contribution >= 0.6 is 0 Å². The second kappa shape index (κ2) is 7.23. The molecule has 0 atom stereocenters. The van der Waals surface area contributed by atoms with E-state index in [1.807, 2.05) is 0 Å². The molecule has 0 aliphatic carbocycles. The Bertz CT molecular complexity index is 423. The smallest absolute Gasteiger partial charge is 0.313 e. The molecule has 2 amide bonds. The van der Waals surface area contributed by atoms with Crippen molar-refractivity contribution >= 4 is 17.5 Å². The van der Waals surface area contributed by atoms with Crippen molar-refractivity contribution < 1.29 is 19.1 Å². The van der Waals surface area contributed by atoms with E-state index in [-0.39, 0.29) is 12.4 Å². The van der Waals surface area contributed by atoms with Gasteiger partial charge in [0.05, 0.1) is 13.7 Å². The van der Waals surface area contributed by atoms with Gasteiger partial charge in [-0.05, 0) is 12.1 Å². The van der Waals surface area contributed by atoms with Crippen LogP contribution in [0.15, 0.2) is 18.3 Å². The van der Waals surface area contributed by atoms with Crippen LogP contribution in [-0.4, -0.2) is 44.2 Å². The Kier molecular flexibility index (Phi) is 5.59. The molecular formula is C11H15N3O4. The van der Waals surface area contributed by atoms with Crippen LogP contribution in [0, 0.1) is 0 Å². The first-order chi connectivity index (χ1) is 8.69. The number of rotatable bonds is 5. The van der Waals surface area contributed by atoms with Gasteiger partial charge in [0.25, 0.3) is 0 Å². The maximum absolute atomic E-state index is 11.5. The van der Waals surface area contributed by atoms with Gasteiger partial charge in [0, 0.05) is 19.9 Å². The number of carbonyl (C=O) groups excluding carboxylic acids is 2. The van der Waals surface area contributed by atoms with E-state index in [0.717, 1.165) is 0 Å². The highest BCUT2D eigenvalue weighted by Gasteiger charge is 2.15. The molecular weight excluding hydrogens is 238 g/mol. The molecule has 0 bridgehead atoms. The van der Waals surface area contributed by atoms with Gasteiger partial charge >= 0.3 is 11.8 Å². The lowest BCUT2D eigenvalue weighted by atomic mass is 10.4. The molecule has 7 nitrogen and oxygen atoms in total. The molecule has 98 valence electrons. The lowest BCUT2D eigenvalue weighted by molar-refractivity contribution is -0.136. The summed E-state index contributed by atoms with van der Waals surface area (Å²) < 4.78 is 9.70. The average molecular weight is 253 g/mol. The number of methoxy groups -OCH3 is 2. The number of nitrogens with one attached hydrogen (secondary N) is 2. The predicted octanol–water partition coefficient (Wildman–Crippen LogP) is -0.209. The largest absolute Gasteiger partial charge is 0.480 e. The molecule has 1 aromatic rings. The van der Waals surface area contributed by atoms with E-state index in [9.17, 15) is 9.59 Å². The highest BCUT2D eigenvalue weighted by molar-refractivity contribution is 6.39. The van der Waals surface area contributed by atoms with Crippen molar-refractivity contribution in [2.75, 3.05) is 32.7 Å². The molecule has 0 fully saturated rings. The number of ether oxygens (including phenoxy) is 2. The van der Waals surface area contributed by atoms with Gasteiger partial charge in [0.2, 0.25) is 5.88 Å². The van der Waals surface area contributed by atoms with Crippen molar-refractivity contribution in [3.05, 3.63) is 18.3 Å². The fourth-order valence-electron chi connectivity index (χ4n) is 1.17. The molecule has 0 unspecified atom stereocenters. The minimum Gasteiger partial charge on any atom is -0.480 e. The molecule has 0 saturated heterocycles. The van der Waals surface area contributed by atoms with E-state index >= 15 is 0 Å². The summed E-state index contributed by atoms with van der Waals surface area (Å²) in [7, 11) is 2.93. The van der Waals surface area contributed by atoms with Gasteiger partial charge in [-0.2, -0.15) is 0 Å². The fraction of sp³-hybridized carbons (Fsp3) is 0.364. The maximum atomic E-state index is 11.5. The van der Waals surface area contributed by atoms with Gasteiger partial charge in [-0.3, -0.25) is 9.59 Å². The van der Waals surface area contributed by atoms with E-state index in [4.69, 9.17) is 9.47 Å². The van der Waals surface area contributed by atoms with Gasteiger partial charge < -0.3 is 20.1 Å². The zero-order chi connectivity index (χ0) is 13.4. The van der Waals surface area contributed by atoms with Crippen molar-refractivity contribution in [2.24, 2.45) is 0 Å². The number of nitrogens with zero attached hydrogens (tertiary/aromatic N) is 1. The topological polar surface area (TPSA) is 89.5 Å². The van der Waals surface area contributed by atoms with Crippen LogP contribution in [0.5, 0.6) is 5.88 Å². The van der Waals surface area contributed by atoms with Crippen molar-refractivity contribution in [2.45, 2.75) is 0 Å². The highest BCUT2D eigenvalue weighted by atomic mass is 16.5. The normalized spacial score (nSPS) is 9.67. The van der Waals surface area contributed by atoms with Crippen LogP contribution in [0.2, 0.25) is 0 Å². The summed E-state index contributed by atoms with van der Waals surface area (Å²) in [5.41, 5.74) is 0.340. The summed E-state index contributed by atoms with van der Waals surface area (Å²) in [6.07, 6.45) is 1.52. The second-order valence-electron chi connectivity index (χ2n) is 3.26. The molecule has 1 rings (SSSR count). The highest BCUT2D eigenvalue weighted by Crippen LogP contribution is 2.19. The number of hydrogen-bond donors (Lipinski definition) is 2. The number of anilines is 1. The number of carbonyl (C=O) groups is 2. The molecule has 7 heteroatoms. The summed E-state index contributed by atoms with van der Waals surface area (Å²) >= 11 is 0. The summed E-state index contributed by atoms with van der Waals surface area (Å²) in [5.74, 6) is -1.27. The zero-order valence-corrected chi connectivity index (χ0v) is 10.2. The fourth-order valence-corrected chi connectivity index (χ4v) is 1.17. The summed E-state index contributed by atoms with van der Waals surface area (Å²) in [6.45, 7) is 0.613. The monoisotopic (exact) mass is 253 g/mol. The summed E-state index contributed by atoms with van der Waals surface area (Å²) in [5, 5.41) is 4.81. The molecule has 0 aliphatic rings. The number of pyridine rings is 1. The van der Waals surface area contributed by atoms with E-state index in [2.05, 4.69) is 15.6 Å². The predicted molar refractivity (Wildman–Crippen MR) is 64.3 cm³/mol. The Morgan fingerprint density at radius 3 is 2.78 bits per heavy atom. The number of amides is 2. The second-order valence-corrected chi connectivity index (χ2v) is 3.26. The van der Waals surface area contributed by atoms with E-state index in [1.54, 1.807) is 12.1 Å². The molecule has 1 aromatic heterocycles. The van der Waals surface area contributed by atoms with Crippen molar-refractivity contribution in [3.63, 3.8) is 0 Å². The van der Waals surface area contributed by atoms with Crippen molar-refractivity contribution in [3.8, 4) is 5.88 Å². The van der Waals surface area contributed by atoms with Crippen molar-refractivity contribution in [1.82, 2.24) is 10.3 Å². The Morgan fingerprint density at radius 2 is 2.11 bits per heavy atom. The molecule has 0 spiro atoms. The SMILES string of the molecule is COCCNC(=O)C(=O)Nc1cccnc1OC. The molecule has 0 radical (unpaired) electrons. The third-order valence-electron chi connectivity index (χ3n) is 2.01. The van der Waals surface area contributed by atoms with Crippen LogP contribution in [0.25, 0.3) is 0 Å². The van der Waals surface area contributed by atoms with Gasteiger partial charge in [0.15, 0.2) is 0 Å². The molecule has 18 heavy (non-hydrogen) atoms. The van der Waals surface area contributed by atoms with E-state index in [1.165, 1.54) is 20.4 Å². The summed E-state index contributed by atoms with van der Waals surface area (Å²) in [6, 6.07) is 3.22. The van der Waals surface area contributed by atoms with Gasteiger partial charge in [-0.1, -0.05) is 0 Å². The Hall–Kier alpha value is -2.15. The lowest BCUT2D eigenvalue weighted by Crippen LogP contribution is -2.37. The first-order valence-corrected chi connectivity index (χ1v) is 5.26. The van der Waals surface area contributed by atoms with Gasteiger partial charge in [0.1, 0.15) is 5.69 Å². The first-order valence-electron chi connectivity index (χ1n) is 5.26. The quantitative estimate of drug-likeness (QED) is 0.560. The zero-order valence-electron chi connectivity index (χ0n) is 10.2. The molecule has 0 aliphatic heterocycles. The van der Waals surface area contributed by atoms with Crippen LogP contribution < -0.4 is 15.4 Å². The standard InChI is InChI=1S/C11H15N3O4/c1-17-7-6-12-9(15)10(16)14-8-4-3-5-13-11(8)18-2/h3-5H,6-7H2,1-2H3,(H,12,15)(H,14,16). The Balaban J connectivity index is 2.55. The van der Waals surface area contributed by atoms with Gasteiger partial charge in [-0.15, -0.1) is 0 Å². The molecule has 1 heterocycles. The Labute approximate surface area is 104 Å². The molecule has 0 saturated carbocycles. The van der Waals surface area contributed by atoms with Crippen LogP contribution in [0.1, 0.15) is 0 Å². The summed E-state index contributed by atoms with van der Waals surface area (Å²) in [4.78, 5) is 26.8. The number of aromatic nitrogens is 1. The first kappa shape index (κ1) is 13.9. The van der Waals surface area contributed by atoms with Crippen molar-refractivity contribution in [1.29, 1.82) is 0 Å². The van der Waals surface area contributed by atoms with Gasteiger partial charge in [-0.25, -0.2) is 4.98 Å². The van der Waals surface area contributed by atoms with Crippen LogP contribution in [0.3, 0.4) is 0 Å². The third kappa shape index (κ3) is 4.02. The van der Waals surface area contributed by atoms with Crippen LogP contribution in [-0.2, 0) is 14.3 Å². The minimum atomic E-state index is -0.780. The molecule has 2 N–H and O–H groups in total. The maximum Gasteiger partial charge on any atom is 0.313 e. The van der Waals surface area contributed by atoms with E-state index < -0.39 is 11.8 Å². The average Bonchev–Trinajstić information content (AvgIpc) is 2.39. The molecule has 0 aromatic carbocycles.